The number of halogens is 4. The maximum absolute atomic E-state index is 12.9. The van der Waals surface area contributed by atoms with Gasteiger partial charge in [0.2, 0.25) is 0 Å². The molecule has 1 atom stereocenters. The highest BCUT2D eigenvalue weighted by atomic mass is 35.5. The molecule has 7 heteroatoms. The van der Waals surface area contributed by atoms with Crippen molar-refractivity contribution < 1.29 is 22.6 Å². The fraction of sp³-hybridized carbons (Fsp3) is 0.276. The Morgan fingerprint density at radius 2 is 1.83 bits per heavy atom. The summed E-state index contributed by atoms with van der Waals surface area (Å²) in [6.45, 7) is 8.35. The van der Waals surface area contributed by atoms with Crippen LogP contribution in [0.25, 0.3) is 17.3 Å². The van der Waals surface area contributed by atoms with E-state index in [9.17, 15) is 13.2 Å². The fourth-order valence-electron chi connectivity index (χ4n) is 3.57. The van der Waals surface area contributed by atoms with Gasteiger partial charge in [-0.05, 0) is 67.8 Å². The lowest BCUT2D eigenvalue weighted by Gasteiger charge is -2.20. The first-order chi connectivity index (χ1) is 17.2. The molecule has 0 bridgehead atoms. The van der Waals surface area contributed by atoms with E-state index in [0.29, 0.717) is 46.5 Å². The molecule has 0 saturated heterocycles. The van der Waals surface area contributed by atoms with Crippen LogP contribution < -0.4 is 4.74 Å². The molecule has 0 spiro atoms. The van der Waals surface area contributed by atoms with Crippen molar-refractivity contribution in [3.63, 3.8) is 0 Å². The molecule has 190 valence electrons. The third-order valence-corrected chi connectivity index (χ3v) is 5.74. The number of unbranched alkanes of at least 4 members (excludes halogenated alkanes) is 1. The van der Waals surface area contributed by atoms with E-state index in [1.165, 1.54) is 12.1 Å². The molecule has 3 rings (SSSR count). The molecular weight excluding hydrogens is 487 g/mol. The summed E-state index contributed by atoms with van der Waals surface area (Å²) in [4.78, 5) is 4.71. The van der Waals surface area contributed by atoms with Gasteiger partial charge in [0.25, 0.3) is 0 Å². The predicted molar refractivity (Wildman–Crippen MR) is 139 cm³/mol. The van der Waals surface area contributed by atoms with Gasteiger partial charge in [-0.1, -0.05) is 61.9 Å². The molecule has 0 aliphatic heterocycles. The van der Waals surface area contributed by atoms with Crippen molar-refractivity contribution in [2.24, 2.45) is 0 Å². The van der Waals surface area contributed by atoms with Crippen LogP contribution in [-0.4, -0.2) is 11.6 Å². The minimum Gasteiger partial charge on any atom is -0.495 e. The lowest BCUT2D eigenvalue weighted by molar-refractivity contribution is -0.137. The number of hydrogen-bond donors (Lipinski definition) is 0. The quantitative estimate of drug-likeness (QED) is 0.188. The van der Waals surface area contributed by atoms with Gasteiger partial charge in [-0.3, -0.25) is 0 Å². The Morgan fingerprint density at radius 1 is 1.08 bits per heavy atom. The molecule has 2 aromatic carbocycles. The Morgan fingerprint density at radius 3 is 2.47 bits per heavy atom. The number of aromatic nitrogens is 1. The molecule has 0 aliphatic carbocycles. The third kappa shape index (κ3) is 7.62. The van der Waals surface area contributed by atoms with Crippen LogP contribution >= 0.6 is 11.6 Å². The van der Waals surface area contributed by atoms with Gasteiger partial charge in [0.1, 0.15) is 17.6 Å². The number of pyridine rings is 1. The lowest BCUT2D eigenvalue weighted by atomic mass is 10.1. The van der Waals surface area contributed by atoms with Crippen molar-refractivity contribution in [1.29, 1.82) is 0 Å². The number of ether oxygens (including phenoxy) is 2. The Labute approximate surface area is 215 Å². The molecule has 1 aromatic heterocycles. The third-order valence-electron chi connectivity index (χ3n) is 5.44. The first kappa shape index (κ1) is 27.3. The molecule has 3 nitrogen and oxygen atoms in total. The van der Waals surface area contributed by atoms with Gasteiger partial charge < -0.3 is 9.47 Å². The van der Waals surface area contributed by atoms with Crippen molar-refractivity contribution >= 4 is 17.7 Å². The van der Waals surface area contributed by atoms with Gasteiger partial charge in [0, 0.05) is 5.56 Å². The van der Waals surface area contributed by atoms with Crippen LogP contribution in [-0.2, 0) is 10.9 Å². The summed E-state index contributed by atoms with van der Waals surface area (Å²) in [6, 6.07) is 16.0. The van der Waals surface area contributed by atoms with Gasteiger partial charge in [0.05, 0.1) is 28.6 Å². The second-order valence-electron chi connectivity index (χ2n) is 8.19. The SMILES string of the molecule is C=C(/C=C/c1ccc(OC(CCCC)c2cccc(-c3ccc(C(F)(F)F)cc3)n2)c(Cl)c1)OCC. The molecule has 0 N–H and O–H groups in total. The molecule has 0 aliphatic rings. The highest BCUT2D eigenvalue weighted by Crippen LogP contribution is 2.34. The zero-order valence-electron chi connectivity index (χ0n) is 20.3. The molecule has 1 unspecified atom stereocenters. The topological polar surface area (TPSA) is 31.4 Å². The summed E-state index contributed by atoms with van der Waals surface area (Å²) in [5.74, 6) is 1.09. The largest absolute Gasteiger partial charge is 0.495 e. The van der Waals surface area contributed by atoms with Crippen LogP contribution in [0.2, 0.25) is 5.02 Å². The molecule has 36 heavy (non-hydrogen) atoms. The molecule has 0 radical (unpaired) electrons. The monoisotopic (exact) mass is 515 g/mol. The first-order valence-corrected chi connectivity index (χ1v) is 12.2. The second-order valence-corrected chi connectivity index (χ2v) is 8.60. The summed E-state index contributed by atoms with van der Waals surface area (Å²) in [6.07, 6.45) is 1.49. The number of nitrogens with zero attached hydrogens (tertiary/aromatic N) is 1. The summed E-state index contributed by atoms with van der Waals surface area (Å²) >= 11 is 6.53. The Hall–Kier alpha value is -3.25. The normalized spacial score (nSPS) is 12.5. The molecule has 0 amide bonds. The standard InChI is InChI=1S/C29H29ClF3NO2/c1-4-6-10-28(36-27-18-13-21(19-24(27)30)12-11-20(3)35-5-2)26-9-7-8-25(34-26)22-14-16-23(17-15-22)29(31,32)33/h7-9,11-19,28H,3-6,10H2,1-2H3/b12-11+. The minimum atomic E-state index is -4.38. The summed E-state index contributed by atoms with van der Waals surface area (Å²) in [5, 5.41) is 0.458. The number of alkyl halides is 3. The number of rotatable bonds is 11. The van der Waals surface area contributed by atoms with Crippen molar-refractivity contribution in [1.82, 2.24) is 4.98 Å². The van der Waals surface area contributed by atoms with E-state index < -0.39 is 11.7 Å². The average molecular weight is 516 g/mol. The zero-order chi connectivity index (χ0) is 26.1. The van der Waals surface area contributed by atoms with E-state index in [2.05, 4.69) is 13.5 Å². The second kappa shape index (κ2) is 12.6. The van der Waals surface area contributed by atoms with Crippen LogP contribution in [0.1, 0.15) is 56.0 Å². The van der Waals surface area contributed by atoms with Crippen LogP contribution in [0.5, 0.6) is 5.75 Å². The van der Waals surface area contributed by atoms with Crippen LogP contribution in [0.4, 0.5) is 13.2 Å². The van der Waals surface area contributed by atoms with Crippen molar-refractivity contribution in [2.75, 3.05) is 6.61 Å². The van der Waals surface area contributed by atoms with Crippen LogP contribution in [0.3, 0.4) is 0 Å². The minimum absolute atomic E-state index is 0.365. The fourth-order valence-corrected chi connectivity index (χ4v) is 3.80. The number of allylic oxidation sites excluding steroid dienone is 1. The van der Waals surface area contributed by atoms with Crippen LogP contribution in [0.15, 0.2) is 79.1 Å². The molecule has 0 saturated carbocycles. The molecule has 3 aromatic rings. The summed E-state index contributed by atoms with van der Waals surface area (Å²) in [5.41, 5.74) is 2.05. The van der Waals surface area contributed by atoms with E-state index in [1.807, 2.05) is 37.3 Å². The molecular formula is C29H29ClF3NO2. The van der Waals surface area contributed by atoms with Gasteiger partial charge in [0.15, 0.2) is 0 Å². The number of hydrogen-bond acceptors (Lipinski definition) is 3. The highest BCUT2D eigenvalue weighted by Gasteiger charge is 2.30. The van der Waals surface area contributed by atoms with Gasteiger partial charge in [-0.2, -0.15) is 13.2 Å². The summed E-state index contributed by atoms with van der Waals surface area (Å²) < 4.78 is 50.4. The van der Waals surface area contributed by atoms with E-state index in [4.69, 9.17) is 26.1 Å². The van der Waals surface area contributed by atoms with Gasteiger partial charge in [-0.25, -0.2) is 4.98 Å². The Balaban J connectivity index is 1.83. The smallest absolute Gasteiger partial charge is 0.416 e. The highest BCUT2D eigenvalue weighted by molar-refractivity contribution is 6.32. The summed E-state index contributed by atoms with van der Waals surface area (Å²) in [7, 11) is 0. The maximum atomic E-state index is 12.9. The predicted octanol–water partition coefficient (Wildman–Crippen LogP) is 9.29. The molecule has 1 heterocycles. The zero-order valence-corrected chi connectivity index (χ0v) is 21.1. The van der Waals surface area contributed by atoms with Crippen molar-refractivity contribution in [3.05, 3.63) is 101 Å². The van der Waals surface area contributed by atoms with Crippen molar-refractivity contribution in [2.45, 2.75) is 45.4 Å². The Kier molecular flexibility index (Phi) is 9.59. The van der Waals surface area contributed by atoms with Gasteiger partial charge in [-0.15, -0.1) is 0 Å². The van der Waals surface area contributed by atoms with Crippen LogP contribution in [0, 0.1) is 0 Å². The van der Waals surface area contributed by atoms with E-state index >= 15 is 0 Å². The van der Waals surface area contributed by atoms with E-state index in [1.54, 1.807) is 18.2 Å². The number of benzene rings is 2. The Bertz CT molecular complexity index is 1190. The lowest BCUT2D eigenvalue weighted by Crippen LogP contribution is -2.10. The first-order valence-electron chi connectivity index (χ1n) is 11.8. The van der Waals surface area contributed by atoms with E-state index in [0.717, 1.165) is 30.5 Å². The molecule has 0 fully saturated rings. The van der Waals surface area contributed by atoms with Crippen molar-refractivity contribution in [3.8, 4) is 17.0 Å². The van der Waals surface area contributed by atoms with Gasteiger partial charge >= 0.3 is 6.18 Å². The average Bonchev–Trinajstić information content (AvgIpc) is 2.86. The van der Waals surface area contributed by atoms with E-state index in [-0.39, 0.29) is 6.10 Å². The maximum Gasteiger partial charge on any atom is 0.416 e.